The molecule has 27 heavy (non-hydrogen) atoms. The summed E-state index contributed by atoms with van der Waals surface area (Å²) >= 11 is 12.0. The molecule has 0 aromatic heterocycles. The molecule has 0 N–H and O–H groups in total. The number of anilines is 1. The molecule has 2 aromatic rings. The van der Waals surface area contributed by atoms with Gasteiger partial charge in [0.15, 0.2) is 0 Å². The second-order valence-corrected chi connectivity index (χ2v) is 8.02. The lowest BCUT2D eigenvalue weighted by atomic mass is 9.88. The first-order valence-electron chi connectivity index (χ1n) is 9.25. The summed E-state index contributed by atoms with van der Waals surface area (Å²) in [5, 5.41) is 0.868. The summed E-state index contributed by atoms with van der Waals surface area (Å²) in [6, 6.07) is 15.5. The smallest absolute Gasteiger partial charge is 0.253 e. The number of hydrogen-bond donors (Lipinski definition) is 0. The number of nitrogens with zero attached hydrogens (tertiary/aromatic N) is 2. The van der Waals surface area contributed by atoms with Gasteiger partial charge in [0.1, 0.15) is 0 Å². The van der Waals surface area contributed by atoms with Crippen LogP contribution in [0.4, 0.5) is 5.69 Å². The van der Waals surface area contributed by atoms with Gasteiger partial charge in [-0.05, 0) is 43.2 Å². The molecule has 2 saturated heterocycles. The van der Waals surface area contributed by atoms with Crippen molar-refractivity contribution in [3.63, 3.8) is 0 Å². The predicted octanol–water partition coefficient (Wildman–Crippen LogP) is 4.51. The molecule has 2 aromatic carbocycles. The Balaban J connectivity index is 1.42. The fourth-order valence-corrected chi connectivity index (χ4v) is 4.23. The van der Waals surface area contributed by atoms with Crippen molar-refractivity contribution in [2.45, 2.75) is 18.4 Å². The van der Waals surface area contributed by atoms with Gasteiger partial charge in [0, 0.05) is 37.4 Å². The summed E-state index contributed by atoms with van der Waals surface area (Å²) in [6.45, 7) is 3.85. The van der Waals surface area contributed by atoms with Crippen LogP contribution in [0.5, 0.6) is 0 Å². The van der Waals surface area contributed by atoms with Gasteiger partial charge in [0.25, 0.3) is 5.91 Å². The zero-order valence-corrected chi connectivity index (χ0v) is 16.5. The summed E-state index contributed by atoms with van der Waals surface area (Å²) in [5.74, 6) is -0.000795. The Morgan fingerprint density at radius 2 is 1.70 bits per heavy atom. The molecular weight excluding hydrogens is 383 g/mol. The van der Waals surface area contributed by atoms with Gasteiger partial charge in [-0.15, -0.1) is 0 Å². The number of amides is 1. The number of benzene rings is 2. The van der Waals surface area contributed by atoms with Crippen molar-refractivity contribution < 1.29 is 9.53 Å². The normalized spacial score (nSPS) is 19.3. The van der Waals surface area contributed by atoms with E-state index in [0.29, 0.717) is 28.7 Å². The summed E-state index contributed by atoms with van der Waals surface area (Å²) in [4.78, 5) is 17.1. The third kappa shape index (κ3) is 3.93. The number of piperidine rings is 1. The van der Waals surface area contributed by atoms with Gasteiger partial charge >= 0.3 is 0 Å². The van der Waals surface area contributed by atoms with E-state index in [2.05, 4.69) is 29.2 Å². The number of carbonyl (C=O) groups is 1. The molecule has 2 aliphatic rings. The highest BCUT2D eigenvalue weighted by Gasteiger charge is 2.40. The molecule has 142 valence electrons. The van der Waals surface area contributed by atoms with Gasteiger partial charge in [-0.3, -0.25) is 4.79 Å². The Hall–Kier alpha value is -1.75. The number of rotatable bonds is 2. The Morgan fingerprint density at radius 3 is 2.41 bits per heavy atom. The van der Waals surface area contributed by atoms with E-state index in [-0.39, 0.29) is 11.5 Å². The molecule has 2 aliphatic heterocycles. The zero-order chi connectivity index (χ0) is 18.9. The monoisotopic (exact) mass is 404 g/mol. The van der Waals surface area contributed by atoms with Crippen LogP contribution >= 0.6 is 23.2 Å². The Labute approximate surface area is 169 Å². The van der Waals surface area contributed by atoms with Crippen molar-refractivity contribution in [3.8, 4) is 0 Å². The molecular formula is C21H22Cl2N2O2. The van der Waals surface area contributed by atoms with Crippen LogP contribution in [0.15, 0.2) is 48.5 Å². The Bertz CT molecular complexity index is 820. The van der Waals surface area contributed by atoms with Crippen molar-refractivity contribution in [3.05, 3.63) is 64.1 Å². The molecule has 0 atom stereocenters. The largest absolute Gasteiger partial charge is 0.371 e. The molecule has 0 bridgehead atoms. The van der Waals surface area contributed by atoms with Crippen molar-refractivity contribution >= 4 is 34.8 Å². The van der Waals surface area contributed by atoms with Crippen LogP contribution < -0.4 is 4.90 Å². The lowest BCUT2D eigenvalue weighted by Gasteiger charge is -2.48. The van der Waals surface area contributed by atoms with Gasteiger partial charge in [0.05, 0.1) is 22.3 Å². The highest BCUT2D eigenvalue weighted by atomic mass is 35.5. The number of morpholine rings is 1. The van der Waals surface area contributed by atoms with E-state index < -0.39 is 0 Å². The maximum Gasteiger partial charge on any atom is 0.253 e. The highest BCUT2D eigenvalue weighted by Crippen LogP contribution is 2.33. The zero-order valence-electron chi connectivity index (χ0n) is 15.0. The van der Waals surface area contributed by atoms with Crippen LogP contribution in [0.2, 0.25) is 10.0 Å². The second kappa shape index (κ2) is 7.70. The topological polar surface area (TPSA) is 32.8 Å². The van der Waals surface area contributed by atoms with Crippen LogP contribution in [0.3, 0.4) is 0 Å². The maximum absolute atomic E-state index is 12.8. The van der Waals surface area contributed by atoms with E-state index in [0.717, 1.165) is 32.5 Å². The molecule has 4 nitrogen and oxygen atoms in total. The van der Waals surface area contributed by atoms with E-state index in [1.807, 2.05) is 11.0 Å². The third-order valence-corrected chi connectivity index (χ3v) is 6.24. The Kier molecular flexibility index (Phi) is 5.31. The number of carbonyl (C=O) groups excluding carboxylic acids is 1. The van der Waals surface area contributed by atoms with Crippen molar-refractivity contribution in [2.24, 2.45) is 0 Å². The molecule has 6 heteroatoms. The van der Waals surface area contributed by atoms with E-state index >= 15 is 0 Å². The molecule has 2 fully saturated rings. The average Bonchev–Trinajstić information content (AvgIpc) is 2.71. The van der Waals surface area contributed by atoms with Crippen LogP contribution in [-0.2, 0) is 4.74 Å². The summed E-state index contributed by atoms with van der Waals surface area (Å²) in [5.41, 5.74) is 1.63. The molecule has 0 saturated carbocycles. The maximum atomic E-state index is 12.8. The van der Waals surface area contributed by atoms with E-state index in [1.54, 1.807) is 18.2 Å². The second-order valence-electron chi connectivity index (χ2n) is 7.21. The number of ether oxygens (including phenoxy) is 1. The summed E-state index contributed by atoms with van der Waals surface area (Å²) < 4.78 is 6.21. The van der Waals surface area contributed by atoms with E-state index in [9.17, 15) is 4.79 Å². The highest BCUT2D eigenvalue weighted by molar-refractivity contribution is 6.42. The number of halogens is 2. The van der Waals surface area contributed by atoms with Crippen molar-refractivity contribution in [1.29, 1.82) is 0 Å². The first-order valence-corrected chi connectivity index (χ1v) is 10.0. The first-order chi connectivity index (χ1) is 13.1. The minimum absolute atomic E-state index is 0.000795. The van der Waals surface area contributed by atoms with Crippen LogP contribution in [0.25, 0.3) is 0 Å². The fourth-order valence-electron chi connectivity index (χ4n) is 3.94. The fraction of sp³-hybridized carbons (Fsp3) is 0.381. The van der Waals surface area contributed by atoms with Crippen LogP contribution in [0, 0.1) is 0 Å². The SMILES string of the molecule is O=C(c1ccc(Cl)c(Cl)c1)N1CCC2(CC1)CN(c1ccccc1)CCO2. The number of likely N-dealkylation sites (tertiary alicyclic amines) is 1. The predicted molar refractivity (Wildman–Crippen MR) is 109 cm³/mol. The van der Waals surface area contributed by atoms with Crippen molar-refractivity contribution in [2.75, 3.05) is 37.7 Å². The van der Waals surface area contributed by atoms with E-state index in [1.165, 1.54) is 5.69 Å². The van der Waals surface area contributed by atoms with Gasteiger partial charge in [0.2, 0.25) is 0 Å². The standard InChI is InChI=1S/C21H22Cl2N2O2/c22-18-7-6-16(14-19(18)23)20(26)24-10-8-21(9-11-24)15-25(12-13-27-21)17-4-2-1-3-5-17/h1-7,14H,8-13,15H2. The third-order valence-electron chi connectivity index (χ3n) is 5.50. The van der Waals surface area contributed by atoms with Crippen LogP contribution in [-0.4, -0.2) is 49.2 Å². The molecule has 1 amide bonds. The minimum atomic E-state index is -0.178. The summed E-state index contributed by atoms with van der Waals surface area (Å²) in [7, 11) is 0. The molecule has 2 heterocycles. The lowest BCUT2D eigenvalue weighted by molar-refractivity contribution is -0.0868. The minimum Gasteiger partial charge on any atom is -0.371 e. The van der Waals surface area contributed by atoms with Crippen molar-refractivity contribution in [1.82, 2.24) is 4.90 Å². The average molecular weight is 405 g/mol. The number of hydrogen-bond acceptors (Lipinski definition) is 3. The van der Waals surface area contributed by atoms with Crippen LogP contribution in [0.1, 0.15) is 23.2 Å². The molecule has 1 spiro atoms. The molecule has 0 aliphatic carbocycles. The molecule has 4 rings (SSSR count). The van der Waals surface area contributed by atoms with Gasteiger partial charge < -0.3 is 14.5 Å². The summed E-state index contributed by atoms with van der Waals surface area (Å²) in [6.07, 6.45) is 1.67. The first kappa shape index (κ1) is 18.6. The van der Waals surface area contributed by atoms with E-state index in [4.69, 9.17) is 27.9 Å². The van der Waals surface area contributed by atoms with Gasteiger partial charge in [-0.1, -0.05) is 41.4 Å². The van der Waals surface area contributed by atoms with Gasteiger partial charge in [-0.2, -0.15) is 0 Å². The Morgan fingerprint density at radius 1 is 0.963 bits per heavy atom. The molecule has 0 radical (unpaired) electrons. The van der Waals surface area contributed by atoms with Gasteiger partial charge in [-0.25, -0.2) is 0 Å². The number of para-hydroxylation sites is 1. The quantitative estimate of drug-likeness (QED) is 0.738. The molecule has 0 unspecified atom stereocenters. The lowest BCUT2D eigenvalue weighted by Crippen LogP contribution is -2.57.